The van der Waals surface area contributed by atoms with Crippen LogP contribution in [0.2, 0.25) is 0 Å². The number of aryl methyl sites for hydroxylation is 1. The molecule has 1 aliphatic heterocycles. The number of carbonyl (C=O) groups is 2. The van der Waals surface area contributed by atoms with Gasteiger partial charge in [0.2, 0.25) is 5.78 Å². The van der Waals surface area contributed by atoms with Crippen LogP contribution in [0.15, 0.2) is 40.5 Å². The van der Waals surface area contributed by atoms with E-state index in [1.54, 1.807) is 43.3 Å². The summed E-state index contributed by atoms with van der Waals surface area (Å²) in [6, 6.07) is 8.35. The lowest BCUT2D eigenvalue weighted by Gasteiger charge is -2.06. The summed E-state index contributed by atoms with van der Waals surface area (Å²) in [5.74, 6) is 1.60. The number of ether oxygens (including phenoxy) is 3. The van der Waals surface area contributed by atoms with Crippen LogP contribution in [-0.2, 0) is 9.53 Å². The number of carbonyl (C=O) groups excluding carboxylic acids is 2. The van der Waals surface area contributed by atoms with E-state index in [4.69, 9.17) is 18.6 Å². The molecule has 2 aromatic rings. The number of fused-ring (bicyclic) bond motifs is 1. The fourth-order valence-corrected chi connectivity index (χ4v) is 2.26. The van der Waals surface area contributed by atoms with Gasteiger partial charge in [-0.2, -0.15) is 0 Å². The van der Waals surface area contributed by atoms with Gasteiger partial charge in [0.25, 0.3) is 0 Å². The molecule has 0 saturated heterocycles. The Balaban J connectivity index is 1.74. The van der Waals surface area contributed by atoms with Gasteiger partial charge in [-0.15, -0.1) is 0 Å². The molecule has 0 radical (unpaired) electrons. The Morgan fingerprint density at radius 1 is 1.25 bits per heavy atom. The summed E-state index contributed by atoms with van der Waals surface area (Å²) in [6.07, 6.45) is 1.55. The molecule has 0 bridgehead atoms. The summed E-state index contributed by atoms with van der Waals surface area (Å²) in [4.78, 5) is 23.6. The average molecular weight is 328 g/mol. The first-order valence-corrected chi connectivity index (χ1v) is 7.50. The van der Waals surface area contributed by atoms with Gasteiger partial charge in [0.05, 0.1) is 12.2 Å². The molecule has 0 aliphatic carbocycles. The van der Waals surface area contributed by atoms with Crippen LogP contribution in [0.25, 0.3) is 6.08 Å². The SMILES string of the molecule is CCOC(=O)COc1ccc2c(c1)O/C(=C\c1ccc(C)o1)C2=O. The molecule has 0 N–H and O–H groups in total. The molecule has 6 nitrogen and oxygen atoms in total. The Bertz CT molecular complexity index is 815. The van der Waals surface area contributed by atoms with E-state index in [0.29, 0.717) is 29.4 Å². The highest BCUT2D eigenvalue weighted by atomic mass is 16.6. The van der Waals surface area contributed by atoms with E-state index in [1.807, 2.05) is 6.92 Å². The maximum Gasteiger partial charge on any atom is 0.344 e. The maximum absolute atomic E-state index is 12.3. The molecule has 3 rings (SSSR count). The third-order valence-electron chi connectivity index (χ3n) is 3.34. The summed E-state index contributed by atoms with van der Waals surface area (Å²) in [5, 5.41) is 0. The van der Waals surface area contributed by atoms with E-state index in [0.717, 1.165) is 5.76 Å². The third-order valence-corrected chi connectivity index (χ3v) is 3.34. The van der Waals surface area contributed by atoms with Crippen molar-refractivity contribution in [3.63, 3.8) is 0 Å². The van der Waals surface area contributed by atoms with Crippen molar-refractivity contribution in [2.45, 2.75) is 13.8 Å². The smallest absolute Gasteiger partial charge is 0.344 e. The van der Waals surface area contributed by atoms with Gasteiger partial charge in [0.1, 0.15) is 23.0 Å². The first-order valence-electron chi connectivity index (χ1n) is 7.50. The molecule has 1 aliphatic rings. The van der Waals surface area contributed by atoms with Crippen molar-refractivity contribution in [3.8, 4) is 11.5 Å². The van der Waals surface area contributed by atoms with Crippen LogP contribution in [0.1, 0.15) is 28.8 Å². The molecule has 0 saturated carbocycles. The zero-order chi connectivity index (χ0) is 17.1. The number of benzene rings is 1. The summed E-state index contributed by atoms with van der Waals surface area (Å²) in [5.41, 5.74) is 0.438. The minimum absolute atomic E-state index is 0.182. The highest BCUT2D eigenvalue weighted by Gasteiger charge is 2.28. The van der Waals surface area contributed by atoms with Gasteiger partial charge in [-0.05, 0) is 38.1 Å². The fraction of sp³-hybridized carbons (Fsp3) is 0.222. The van der Waals surface area contributed by atoms with Gasteiger partial charge in [0.15, 0.2) is 12.4 Å². The van der Waals surface area contributed by atoms with Crippen LogP contribution in [0, 0.1) is 6.92 Å². The van der Waals surface area contributed by atoms with Crippen LogP contribution < -0.4 is 9.47 Å². The minimum atomic E-state index is -0.455. The first-order chi connectivity index (χ1) is 11.6. The molecule has 6 heteroatoms. The van der Waals surface area contributed by atoms with E-state index < -0.39 is 5.97 Å². The second kappa shape index (κ2) is 6.62. The molecule has 0 atom stereocenters. The van der Waals surface area contributed by atoms with Gasteiger partial charge in [0, 0.05) is 12.1 Å². The van der Waals surface area contributed by atoms with E-state index in [9.17, 15) is 9.59 Å². The molecular formula is C18H16O6. The topological polar surface area (TPSA) is 75.0 Å². The van der Waals surface area contributed by atoms with Gasteiger partial charge in [-0.1, -0.05) is 0 Å². The van der Waals surface area contributed by atoms with E-state index in [1.165, 1.54) is 0 Å². The molecule has 124 valence electrons. The number of hydrogen-bond donors (Lipinski definition) is 0. The van der Waals surface area contributed by atoms with Crippen LogP contribution in [0.4, 0.5) is 0 Å². The first kappa shape index (κ1) is 15.9. The van der Waals surface area contributed by atoms with E-state index >= 15 is 0 Å². The van der Waals surface area contributed by atoms with Crippen molar-refractivity contribution in [2.75, 3.05) is 13.2 Å². The Kier molecular flexibility index (Phi) is 4.37. The van der Waals surface area contributed by atoms with Crippen LogP contribution in [-0.4, -0.2) is 25.0 Å². The van der Waals surface area contributed by atoms with Gasteiger partial charge in [-0.25, -0.2) is 4.79 Å². The highest BCUT2D eigenvalue weighted by molar-refractivity contribution is 6.14. The Morgan fingerprint density at radius 3 is 2.79 bits per heavy atom. The molecule has 1 aromatic heterocycles. The van der Waals surface area contributed by atoms with Crippen LogP contribution in [0.5, 0.6) is 11.5 Å². The Hall–Kier alpha value is -3.02. The molecule has 24 heavy (non-hydrogen) atoms. The molecule has 0 spiro atoms. The highest BCUT2D eigenvalue weighted by Crippen LogP contribution is 2.35. The second-order valence-electron chi connectivity index (χ2n) is 5.14. The summed E-state index contributed by atoms with van der Waals surface area (Å²) < 4.78 is 21.1. The zero-order valence-corrected chi connectivity index (χ0v) is 13.3. The van der Waals surface area contributed by atoms with Crippen LogP contribution >= 0.6 is 0 Å². The summed E-state index contributed by atoms with van der Waals surface area (Å²) in [6.45, 7) is 3.64. The molecule has 0 unspecified atom stereocenters. The lowest BCUT2D eigenvalue weighted by atomic mass is 10.1. The standard InChI is InChI=1S/C18H16O6/c1-3-21-17(19)10-22-12-6-7-14-15(8-12)24-16(18(14)20)9-13-5-4-11(2)23-13/h4-9H,3,10H2,1-2H3/b16-9-. The van der Waals surface area contributed by atoms with Crippen molar-refractivity contribution >= 4 is 17.8 Å². The Morgan fingerprint density at radius 2 is 2.08 bits per heavy atom. The maximum atomic E-state index is 12.3. The number of ketones is 1. The van der Waals surface area contributed by atoms with Crippen molar-refractivity contribution in [1.29, 1.82) is 0 Å². The van der Waals surface area contributed by atoms with Crippen molar-refractivity contribution in [3.05, 3.63) is 53.2 Å². The quantitative estimate of drug-likeness (QED) is 0.620. The number of hydrogen-bond acceptors (Lipinski definition) is 6. The zero-order valence-electron chi connectivity index (χ0n) is 13.3. The predicted molar refractivity (Wildman–Crippen MR) is 85.0 cm³/mol. The normalized spacial score (nSPS) is 14.4. The van der Waals surface area contributed by atoms with Crippen molar-refractivity contribution in [2.24, 2.45) is 0 Å². The number of furan rings is 1. The van der Waals surface area contributed by atoms with E-state index in [2.05, 4.69) is 0 Å². The molecule has 0 amide bonds. The second-order valence-corrected chi connectivity index (χ2v) is 5.14. The Labute approximate surface area is 138 Å². The third kappa shape index (κ3) is 3.32. The number of allylic oxidation sites excluding steroid dienone is 1. The number of esters is 1. The summed E-state index contributed by atoms with van der Waals surface area (Å²) in [7, 11) is 0. The minimum Gasteiger partial charge on any atom is -0.482 e. The summed E-state index contributed by atoms with van der Waals surface area (Å²) >= 11 is 0. The van der Waals surface area contributed by atoms with Gasteiger partial charge >= 0.3 is 5.97 Å². The number of Topliss-reactive ketones (excluding diaryl/α,β-unsaturated/α-hetero) is 1. The van der Waals surface area contributed by atoms with Crippen molar-refractivity contribution in [1.82, 2.24) is 0 Å². The van der Waals surface area contributed by atoms with E-state index in [-0.39, 0.29) is 18.1 Å². The predicted octanol–water partition coefficient (Wildman–Crippen LogP) is 3.15. The fourth-order valence-electron chi connectivity index (χ4n) is 2.26. The monoisotopic (exact) mass is 328 g/mol. The molecule has 2 heterocycles. The lowest BCUT2D eigenvalue weighted by Crippen LogP contribution is -2.14. The molecule has 0 fully saturated rings. The molecular weight excluding hydrogens is 312 g/mol. The number of rotatable bonds is 5. The lowest BCUT2D eigenvalue weighted by molar-refractivity contribution is -0.145. The van der Waals surface area contributed by atoms with Gasteiger partial charge in [-0.3, -0.25) is 4.79 Å². The van der Waals surface area contributed by atoms with Crippen molar-refractivity contribution < 1.29 is 28.2 Å². The van der Waals surface area contributed by atoms with Gasteiger partial charge < -0.3 is 18.6 Å². The van der Waals surface area contributed by atoms with Crippen LogP contribution in [0.3, 0.4) is 0 Å². The molecule has 1 aromatic carbocycles. The largest absolute Gasteiger partial charge is 0.482 e. The average Bonchev–Trinajstić information content (AvgIpc) is 3.10.